The molecule has 2 heterocycles. The Morgan fingerprint density at radius 1 is 1.40 bits per heavy atom. The number of carbonyl (C=O) groups excluding carboxylic acids is 1. The van der Waals surface area contributed by atoms with E-state index in [1.807, 2.05) is 49.7 Å². The smallest absolute Gasteiger partial charge is 0.248 e. The molecule has 2 rings (SSSR count). The minimum absolute atomic E-state index is 0.00732. The van der Waals surface area contributed by atoms with Crippen LogP contribution in [0.3, 0.4) is 0 Å². The molecular formula is C19H27N3O3. The lowest BCUT2D eigenvalue weighted by molar-refractivity contribution is -0.139. The van der Waals surface area contributed by atoms with Crippen molar-refractivity contribution in [3.05, 3.63) is 48.2 Å². The second-order valence-electron chi connectivity index (χ2n) is 6.14. The van der Waals surface area contributed by atoms with Gasteiger partial charge in [0, 0.05) is 12.6 Å². The molecule has 25 heavy (non-hydrogen) atoms. The Labute approximate surface area is 149 Å². The number of aromatic nitrogens is 2. The highest BCUT2D eigenvalue weighted by molar-refractivity contribution is 5.77. The van der Waals surface area contributed by atoms with Gasteiger partial charge in [-0.2, -0.15) is 0 Å². The predicted molar refractivity (Wildman–Crippen MR) is 97.3 cm³/mol. The van der Waals surface area contributed by atoms with Crippen LogP contribution in [0.15, 0.2) is 42.5 Å². The molecule has 1 amide bonds. The normalized spacial score (nSPS) is 14.9. The van der Waals surface area contributed by atoms with E-state index in [-0.39, 0.29) is 18.6 Å². The van der Waals surface area contributed by atoms with Crippen molar-refractivity contribution in [2.75, 3.05) is 19.8 Å². The van der Waals surface area contributed by atoms with Gasteiger partial charge in [-0.05, 0) is 26.3 Å². The van der Waals surface area contributed by atoms with Crippen molar-refractivity contribution >= 4 is 5.91 Å². The molecule has 0 radical (unpaired) electrons. The molecule has 6 nitrogen and oxygen atoms in total. The van der Waals surface area contributed by atoms with Gasteiger partial charge in [-0.1, -0.05) is 30.9 Å². The molecule has 0 saturated carbocycles. The summed E-state index contributed by atoms with van der Waals surface area (Å²) in [4.78, 5) is 14.0. The van der Waals surface area contributed by atoms with Crippen molar-refractivity contribution in [1.29, 1.82) is 0 Å². The molecule has 6 heteroatoms. The summed E-state index contributed by atoms with van der Waals surface area (Å²) in [6, 6.07) is 1.89. The third kappa shape index (κ3) is 5.60. The number of hydrogen-bond donors (Lipinski definition) is 0. The molecule has 1 aliphatic heterocycles. The van der Waals surface area contributed by atoms with Crippen LogP contribution < -0.4 is 4.74 Å². The molecule has 0 aliphatic carbocycles. The van der Waals surface area contributed by atoms with E-state index in [0.717, 1.165) is 11.3 Å². The average Bonchev–Trinajstić information content (AvgIpc) is 3.00. The van der Waals surface area contributed by atoms with Crippen LogP contribution in [-0.4, -0.2) is 46.5 Å². The summed E-state index contributed by atoms with van der Waals surface area (Å²) in [5.74, 6) is 0.579. The van der Waals surface area contributed by atoms with Crippen LogP contribution in [0, 0.1) is 0 Å². The fraction of sp³-hybridized carbons (Fsp3) is 0.474. The summed E-state index contributed by atoms with van der Waals surface area (Å²) in [5, 5.41) is 4.46. The Kier molecular flexibility index (Phi) is 7.01. The Morgan fingerprint density at radius 2 is 2.20 bits per heavy atom. The molecule has 0 fully saturated rings. The Bertz CT molecular complexity index is 659. The highest BCUT2D eigenvalue weighted by Gasteiger charge is 2.23. The first-order valence-corrected chi connectivity index (χ1v) is 8.56. The number of hydrogen-bond acceptors (Lipinski definition) is 4. The van der Waals surface area contributed by atoms with Gasteiger partial charge in [0.15, 0.2) is 0 Å². The van der Waals surface area contributed by atoms with Gasteiger partial charge in [0.25, 0.3) is 0 Å². The van der Waals surface area contributed by atoms with Gasteiger partial charge in [0.05, 0.1) is 24.9 Å². The zero-order valence-corrected chi connectivity index (χ0v) is 15.3. The van der Waals surface area contributed by atoms with E-state index in [2.05, 4.69) is 11.7 Å². The maximum Gasteiger partial charge on any atom is 0.248 e. The summed E-state index contributed by atoms with van der Waals surface area (Å²) < 4.78 is 13.1. The van der Waals surface area contributed by atoms with E-state index in [9.17, 15) is 4.79 Å². The first kappa shape index (κ1) is 19.0. The zero-order valence-electron chi connectivity index (χ0n) is 15.3. The summed E-state index contributed by atoms with van der Waals surface area (Å²) >= 11 is 0. The fourth-order valence-corrected chi connectivity index (χ4v) is 2.53. The van der Waals surface area contributed by atoms with Crippen LogP contribution in [0.4, 0.5) is 0 Å². The van der Waals surface area contributed by atoms with E-state index in [4.69, 9.17) is 9.47 Å². The van der Waals surface area contributed by atoms with Crippen LogP contribution in [0.1, 0.15) is 26.5 Å². The lowest BCUT2D eigenvalue weighted by Gasteiger charge is -2.27. The van der Waals surface area contributed by atoms with Gasteiger partial charge in [0.1, 0.15) is 13.2 Å². The number of carbonyl (C=O) groups is 1. The van der Waals surface area contributed by atoms with E-state index >= 15 is 0 Å². The van der Waals surface area contributed by atoms with E-state index < -0.39 is 0 Å². The van der Waals surface area contributed by atoms with Gasteiger partial charge in [0.2, 0.25) is 11.8 Å². The second kappa shape index (κ2) is 9.22. The third-order valence-corrected chi connectivity index (χ3v) is 3.77. The maximum absolute atomic E-state index is 12.2. The number of ether oxygens (including phenoxy) is 2. The monoisotopic (exact) mass is 345 g/mol. The standard InChI is InChI=1S/C19H27N3O3/c1-5-7-16(8-6-2)13-25-18-11-17-12-21(9-10-22(17)20-18)19(23)14-24-15(3)4/h5-8,11,15H,1,9-10,12-14H2,2-4H3/b8-6-,16-7+. The van der Waals surface area contributed by atoms with Crippen LogP contribution in [0.25, 0.3) is 0 Å². The molecule has 0 spiro atoms. The van der Waals surface area contributed by atoms with Crippen LogP contribution in [0.5, 0.6) is 5.88 Å². The lowest BCUT2D eigenvalue weighted by atomic mass is 10.2. The van der Waals surface area contributed by atoms with Gasteiger partial charge in [-0.25, -0.2) is 0 Å². The van der Waals surface area contributed by atoms with Crippen LogP contribution >= 0.6 is 0 Å². The second-order valence-corrected chi connectivity index (χ2v) is 6.14. The van der Waals surface area contributed by atoms with Gasteiger partial charge in [-0.3, -0.25) is 9.48 Å². The largest absolute Gasteiger partial charge is 0.472 e. The van der Waals surface area contributed by atoms with Crippen molar-refractivity contribution in [2.45, 2.75) is 40.0 Å². The third-order valence-electron chi connectivity index (χ3n) is 3.77. The number of allylic oxidation sites excluding steroid dienone is 3. The minimum atomic E-state index is 0.00732. The first-order chi connectivity index (χ1) is 12.0. The summed E-state index contributed by atoms with van der Waals surface area (Å²) in [6.45, 7) is 11.9. The molecule has 0 atom stereocenters. The van der Waals surface area contributed by atoms with Gasteiger partial charge < -0.3 is 14.4 Å². The number of fused-ring (bicyclic) bond motifs is 1. The highest BCUT2D eigenvalue weighted by atomic mass is 16.5. The Hall–Kier alpha value is -2.34. The summed E-state index contributed by atoms with van der Waals surface area (Å²) in [6.07, 6.45) is 7.63. The van der Waals surface area contributed by atoms with Crippen molar-refractivity contribution in [2.24, 2.45) is 0 Å². The fourth-order valence-electron chi connectivity index (χ4n) is 2.53. The highest BCUT2D eigenvalue weighted by Crippen LogP contribution is 2.19. The van der Waals surface area contributed by atoms with Crippen molar-refractivity contribution in [3.63, 3.8) is 0 Å². The maximum atomic E-state index is 12.2. The van der Waals surface area contributed by atoms with Gasteiger partial charge in [-0.15, -0.1) is 5.10 Å². The molecule has 1 aliphatic rings. The lowest BCUT2D eigenvalue weighted by Crippen LogP contribution is -2.40. The molecule has 0 aromatic carbocycles. The van der Waals surface area contributed by atoms with Gasteiger partial charge >= 0.3 is 0 Å². The van der Waals surface area contributed by atoms with Crippen molar-refractivity contribution in [3.8, 4) is 5.88 Å². The summed E-state index contributed by atoms with van der Waals surface area (Å²) in [5.41, 5.74) is 1.99. The zero-order chi connectivity index (χ0) is 18.2. The Morgan fingerprint density at radius 3 is 2.88 bits per heavy atom. The quantitative estimate of drug-likeness (QED) is 0.680. The van der Waals surface area contributed by atoms with E-state index in [0.29, 0.717) is 32.1 Å². The average molecular weight is 345 g/mol. The molecule has 1 aromatic heterocycles. The first-order valence-electron chi connectivity index (χ1n) is 8.56. The van der Waals surface area contributed by atoms with E-state index in [1.54, 1.807) is 11.0 Å². The predicted octanol–water partition coefficient (Wildman–Crippen LogP) is 2.72. The topological polar surface area (TPSA) is 56.6 Å². The molecule has 1 aromatic rings. The molecule has 136 valence electrons. The van der Waals surface area contributed by atoms with Crippen LogP contribution in [-0.2, 0) is 22.6 Å². The summed E-state index contributed by atoms with van der Waals surface area (Å²) in [7, 11) is 0. The van der Waals surface area contributed by atoms with Crippen molar-refractivity contribution < 1.29 is 14.3 Å². The van der Waals surface area contributed by atoms with E-state index in [1.165, 1.54) is 0 Å². The molecule has 0 unspecified atom stereocenters. The molecular weight excluding hydrogens is 318 g/mol. The molecule has 0 bridgehead atoms. The molecule has 0 saturated heterocycles. The van der Waals surface area contributed by atoms with Crippen molar-refractivity contribution in [1.82, 2.24) is 14.7 Å². The molecule has 0 N–H and O–H groups in total. The SMILES string of the molecule is C=C/C=C(\C=C/C)COc1cc2n(n1)CCN(C(=O)COC(C)C)C2. The number of nitrogens with zero attached hydrogens (tertiary/aromatic N) is 3. The number of rotatable bonds is 8. The minimum Gasteiger partial charge on any atom is -0.472 e. The van der Waals surface area contributed by atoms with Crippen LogP contribution in [0.2, 0.25) is 0 Å². The Balaban J connectivity index is 1.95. The number of amides is 1.